The van der Waals surface area contributed by atoms with Gasteiger partial charge in [0.2, 0.25) is 5.91 Å². The molecule has 2 nitrogen and oxygen atoms in total. The van der Waals surface area contributed by atoms with Crippen molar-refractivity contribution in [2.24, 2.45) is 11.3 Å². The molecule has 0 aromatic rings. The van der Waals surface area contributed by atoms with Crippen LogP contribution in [0.2, 0.25) is 0 Å². The van der Waals surface area contributed by atoms with E-state index in [1.165, 1.54) is 12.8 Å². The first-order chi connectivity index (χ1) is 6.84. The van der Waals surface area contributed by atoms with E-state index < -0.39 is 0 Å². The second kappa shape index (κ2) is 4.86. The molecular weight excluding hydrogens is 254 g/mol. The van der Waals surface area contributed by atoms with Crippen LogP contribution < -0.4 is 5.32 Å². The van der Waals surface area contributed by atoms with Gasteiger partial charge in [0, 0.05) is 6.04 Å². The van der Waals surface area contributed by atoms with Gasteiger partial charge in [-0.05, 0) is 24.2 Å². The molecule has 0 aromatic carbocycles. The zero-order valence-electron chi connectivity index (χ0n) is 10.1. The summed E-state index contributed by atoms with van der Waals surface area (Å²) in [6, 6.07) is 0.351. The summed E-state index contributed by atoms with van der Waals surface area (Å²) in [5.74, 6) is 0.486. The molecule has 0 aliphatic heterocycles. The number of nitrogens with one attached hydrogen (secondary N) is 1. The van der Waals surface area contributed by atoms with Crippen molar-refractivity contribution < 1.29 is 4.79 Å². The Labute approximate surface area is 101 Å². The zero-order valence-corrected chi connectivity index (χ0v) is 11.7. The average Bonchev–Trinajstić information content (AvgIpc) is 2.44. The minimum atomic E-state index is -0.0612. The van der Waals surface area contributed by atoms with Crippen molar-refractivity contribution in [1.82, 2.24) is 5.32 Å². The van der Waals surface area contributed by atoms with Crippen molar-refractivity contribution in [1.29, 1.82) is 0 Å². The van der Waals surface area contributed by atoms with Gasteiger partial charge in [0.15, 0.2) is 0 Å². The average molecular weight is 276 g/mol. The summed E-state index contributed by atoms with van der Waals surface area (Å²) in [5.41, 5.74) is 0.263. The maximum atomic E-state index is 11.9. The summed E-state index contributed by atoms with van der Waals surface area (Å²) >= 11 is 3.44. The number of amides is 1. The number of rotatable bonds is 3. The first-order valence-corrected chi connectivity index (χ1v) is 6.70. The standard InChI is InChI=1S/C12H22BrNO/c1-8(2)10(13)11(15)14-9-6-5-7-12(9,3)4/h8-10H,5-7H2,1-4H3,(H,14,15). The zero-order chi connectivity index (χ0) is 11.6. The number of alkyl halides is 1. The fourth-order valence-corrected chi connectivity index (χ4v) is 2.28. The quantitative estimate of drug-likeness (QED) is 0.788. The number of carbonyl (C=O) groups is 1. The van der Waals surface area contributed by atoms with Crippen molar-refractivity contribution >= 4 is 21.8 Å². The van der Waals surface area contributed by atoms with Crippen molar-refractivity contribution in [2.75, 3.05) is 0 Å². The van der Waals surface area contributed by atoms with Gasteiger partial charge in [-0.25, -0.2) is 0 Å². The summed E-state index contributed by atoms with van der Waals surface area (Å²) in [7, 11) is 0. The van der Waals surface area contributed by atoms with Gasteiger partial charge < -0.3 is 5.32 Å². The third-order valence-corrected chi connectivity index (χ3v) is 4.88. The predicted molar refractivity (Wildman–Crippen MR) is 67.1 cm³/mol. The second-order valence-corrected chi connectivity index (χ2v) is 6.57. The maximum absolute atomic E-state index is 11.9. The number of hydrogen-bond acceptors (Lipinski definition) is 1. The highest BCUT2D eigenvalue weighted by Crippen LogP contribution is 2.37. The largest absolute Gasteiger partial charge is 0.352 e. The molecule has 0 aromatic heterocycles. The van der Waals surface area contributed by atoms with Crippen LogP contribution in [-0.2, 0) is 4.79 Å². The minimum absolute atomic E-state index is 0.0612. The highest BCUT2D eigenvalue weighted by atomic mass is 79.9. The minimum Gasteiger partial charge on any atom is -0.352 e. The highest BCUT2D eigenvalue weighted by molar-refractivity contribution is 9.10. The Morgan fingerprint density at radius 3 is 2.47 bits per heavy atom. The molecule has 1 N–H and O–H groups in total. The van der Waals surface area contributed by atoms with E-state index in [9.17, 15) is 4.79 Å². The van der Waals surface area contributed by atoms with Crippen LogP contribution in [0.5, 0.6) is 0 Å². The van der Waals surface area contributed by atoms with Crippen molar-refractivity contribution in [3.05, 3.63) is 0 Å². The third-order valence-electron chi connectivity index (χ3n) is 3.41. The van der Waals surface area contributed by atoms with E-state index in [1.807, 2.05) is 0 Å². The van der Waals surface area contributed by atoms with Crippen LogP contribution in [0.1, 0.15) is 47.0 Å². The smallest absolute Gasteiger partial charge is 0.234 e. The molecule has 2 unspecified atom stereocenters. The summed E-state index contributed by atoms with van der Waals surface area (Å²) in [4.78, 5) is 11.8. The van der Waals surface area contributed by atoms with Crippen LogP contribution in [0.4, 0.5) is 0 Å². The molecule has 3 heteroatoms. The van der Waals surface area contributed by atoms with Crippen LogP contribution in [0, 0.1) is 11.3 Å². The molecule has 15 heavy (non-hydrogen) atoms. The fourth-order valence-electron chi connectivity index (χ4n) is 2.15. The molecule has 0 spiro atoms. The lowest BCUT2D eigenvalue weighted by molar-refractivity contribution is -0.122. The van der Waals surface area contributed by atoms with E-state index >= 15 is 0 Å². The molecule has 0 saturated heterocycles. The van der Waals surface area contributed by atoms with Gasteiger partial charge in [-0.1, -0.05) is 50.0 Å². The topological polar surface area (TPSA) is 29.1 Å². The van der Waals surface area contributed by atoms with Gasteiger partial charge in [0.1, 0.15) is 0 Å². The predicted octanol–water partition coefficient (Wildman–Crippen LogP) is 3.10. The first kappa shape index (κ1) is 13.0. The Morgan fingerprint density at radius 1 is 1.47 bits per heavy atom. The second-order valence-electron chi connectivity index (χ2n) is 5.59. The molecule has 0 heterocycles. The highest BCUT2D eigenvalue weighted by Gasteiger charge is 2.36. The Kier molecular flexibility index (Phi) is 4.21. The van der Waals surface area contributed by atoms with Crippen LogP contribution in [-0.4, -0.2) is 16.8 Å². The van der Waals surface area contributed by atoms with E-state index in [2.05, 4.69) is 48.9 Å². The number of halogens is 1. The van der Waals surface area contributed by atoms with Crippen LogP contribution in [0.15, 0.2) is 0 Å². The van der Waals surface area contributed by atoms with E-state index in [0.717, 1.165) is 6.42 Å². The third kappa shape index (κ3) is 3.20. The van der Waals surface area contributed by atoms with Gasteiger partial charge in [-0.3, -0.25) is 4.79 Å². The van der Waals surface area contributed by atoms with Gasteiger partial charge >= 0.3 is 0 Å². The molecule has 1 rings (SSSR count). The number of carbonyl (C=O) groups excluding carboxylic acids is 1. The lowest BCUT2D eigenvalue weighted by atomic mass is 9.87. The maximum Gasteiger partial charge on any atom is 0.234 e. The van der Waals surface area contributed by atoms with Crippen LogP contribution in [0.3, 0.4) is 0 Å². The van der Waals surface area contributed by atoms with E-state index in [-0.39, 0.29) is 16.1 Å². The first-order valence-electron chi connectivity index (χ1n) is 5.79. The number of hydrogen-bond donors (Lipinski definition) is 1. The molecule has 0 radical (unpaired) electrons. The lowest BCUT2D eigenvalue weighted by Gasteiger charge is -2.29. The molecule has 1 aliphatic carbocycles. The molecule has 0 bridgehead atoms. The van der Waals surface area contributed by atoms with Gasteiger partial charge in [-0.15, -0.1) is 0 Å². The summed E-state index contributed by atoms with van der Waals surface area (Å²) in [6.45, 7) is 8.59. The molecule has 1 amide bonds. The van der Waals surface area contributed by atoms with Crippen LogP contribution in [0.25, 0.3) is 0 Å². The molecule has 1 aliphatic rings. The monoisotopic (exact) mass is 275 g/mol. The molecule has 1 saturated carbocycles. The normalized spacial score (nSPS) is 26.7. The van der Waals surface area contributed by atoms with Gasteiger partial charge in [-0.2, -0.15) is 0 Å². The van der Waals surface area contributed by atoms with E-state index in [4.69, 9.17) is 0 Å². The Bertz CT molecular complexity index is 238. The van der Waals surface area contributed by atoms with E-state index in [0.29, 0.717) is 12.0 Å². The fraction of sp³-hybridized carbons (Fsp3) is 0.917. The SMILES string of the molecule is CC(C)C(Br)C(=O)NC1CCCC1(C)C. The molecule has 2 atom stereocenters. The Hall–Kier alpha value is -0.0500. The van der Waals surface area contributed by atoms with Crippen molar-refractivity contribution in [3.8, 4) is 0 Å². The molecule has 1 fully saturated rings. The van der Waals surface area contributed by atoms with Gasteiger partial charge in [0.25, 0.3) is 0 Å². The van der Waals surface area contributed by atoms with Crippen molar-refractivity contribution in [3.63, 3.8) is 0 Å². The van der Waals surface area contributed by atoms with Gasteiger partial charge in [0.05, 0.1) is 4.83 Å². The molecular formula is C12H22BrNO. The van der Waals surface area contributed by atoms with Crippen molar-refractivity contribution in [2.45, 2.75) is 57.8 Å². The lowest BCUT2D eigenvalue weighted by Crippen LogP contribution is -2.45. The Balaban J connectivity index is 2.51. The van der Waals surface area contributed by atoms with E-state index in [1.54, 1.807) is 0 Å². The summed E-state index contributed by atoms with van der Waals surface area (Å²) < 4.78 is 0. The van der Waals surface area contributed by atoms with Crippen LogP contribution >= 0.6 is 15.9 Å². The Morgan fingerprint density at radius 2 is 2.07 bits per heavy atom. The summed E-state index contributed by atoms with van der Waals surface area (Å²) in [5, 5.41) is 3.16. The summed E-state index contributed by atoms with van der Waals surface area (Å²) in [6.07, 6.45) is 3.57. The molecule has 88 valence electrons.